The highest BCUT2D eigenvalue weighted by Gasteiger charge is 2.08. The Hall–Kier alpha value is -3.69. The molecule has 9 heteroatoms. The third kappa shape index (κ3) is 6.90. The van der Waals surface area contributed by atoms with Gasteiger partial charge in [-0.3, -0.25) is 4.79 Å². The number of para-hydroxylation sites is 1. The first-order valence-corrected chi connectivity index (χ1v) is 11.9. The van der Waals surface area contributed by atoms with E-state index < -0.39 is 0 Å². The average molecular weight is 475 g/mol. The van der Waals surface area contributed by atoms with Crippen LogP contribution < -0.4 is 15.4 Å². The van der Waals surface area contributed by atoms with Gasteiger partial charge in [0.1, 0.15) is 5.75 Å². The molecule has 1 aromatic heterocycles. The van der Waals surface area contributed by atoms with Gasteiger partial charge in [-0.05, 0) is 59.3 Å². The standard InChI is InChI=1S/C25H26N6O2S/c1-19-7-11-21(12-8-19)27-24(32)18-33-23-13-9-20(10-14-23)17-26-15-16-34-25-28-29-30-31(25)22-5-3-2-4-6-22/h2-14,26H,15-18H2,1H3,(H,27,32). The van der Waals surface area contributed by atoms with Crippen molar-refractivity contribution in [3.63, 3.8) is 0 Å². The van der Waals surface area contributed by atoms with Gasteiger partial charge in [0.25, 0.3) is 5.91 Å². The summed E-state index contributed by atoms with van der Waals surface area (Å²) in [4.78, 5) is 12.1. The van der Waals surface area contributed by atoms with Gasteiger partial charge in [-0.2, -0.15) is 4.68 Å². The van der Waals surface area contributed by atoms with E-state index in [-0.39, 0.29) is 12.5 Å². The highest BCUT2D eigenvalue weighted by Crippen LogP contribution is 2.17. The fraction of sp³-hybridized carbons (Fsp3) is 0.200. The van der Waals surface area contributed by atoms with E-state index in [1.54, 1.807) is 16.4 Å². The van der Waals surface area contributed by atoms with Gasteiger partial charge >= 0.3 is 0 Å². The van der Waals surface area contributed by atoms with Crippen LogP contribution >= 0.6 is 11.8 Å². The van der Waals surface area contributed by atoms with Gasteiger partial charge in [-0.1, -0.05) is 59.8 Å². The molecule has 0 aliphatic heterocycles. The number of anilines is 1. The minimum Gasteiger partial charge on any atom is -0.484 e. The van der Waals surface area contributed by atoms with Crippen LogP contribution in [0.25, 0.3) is 5.69 Å². The van der Waals surface area contributed by atoms with E-state index in [1.165, 1.54) is 0 Å². The van der Waals surface area contributed by atoms with E-state index in [0.29, 0.717) is 5.75 Å². The topological polar surface area (TPSA) is 94.0 Å². The number of ether oxygens (including phenoxy) is 1. The van der Waals surface area contributed by atoms with Crippen LogP contribution in [0.5, 0.6) is 5.75 Å². The zero-order valence-electron chi connectivity index (χ0n) is 18.8. The maximum atomic E-state index is 12.1. The molecule has 4 aromatic rings. The van der Waals surface area contributed by atoms with Gasteiger partial charge in [0.2, 0.25) is 5.16 Å². The van der Waals surface area contributed by atoms with Crippen molar-refractivity contribution >= 4 is 23.4 Å². The van der Waals surface area contributed by atoms with Crippen LogP contribution in [-0.4, -0.2) is 45.0 Å². The Bertz CT molecular complexity index is 1180. The first-order valence-electron chi connectivity index (χ1n) is 10.9. The minimum atomic E-state index is -0.189. The number of carbonyl (C=O) groups excluding carboxylic acids is 1. The monoisotopic (exact) mass is 474 g/mol. The summed E-state index contributed by atoms with van der Waals surface area (Å²) in [5.74, 6) is 1.31. The van der Waals surface area contributed by atoms with E-state index in [2.05, 4.69) is 26.2 Å². The molecule has 0 radical (unpaired) electrons. The number of rotatable bonds is 11. The number of aromatic nitrogens is 4. The van der Waals surface area contributed by atoms with Crippen molar-refractivity contribution in [1.29, 1.82) is 0 Å². The summed E-state index contributed by atoms with van der Waals surface area (Å²) in [6.07, 6.45) is 0. The Morgan fingerprint density at radius 2 is 1.76 bits per heavy atom. The molecule has 2 N–H and O–H groups in total. The molecule has 0 unspecified atom stereocenters. The van der Waals surface area contributed by atoms with E-state index in [9.17, 15) is 4.79 Å². The second kappa shape index (κ2) is 12.0. The third-order valence-corrected chi connectivity index (χ3v) is 5.83. The molecule has 0 saturated heterocycles. The molecule has 1 amide bonds. The van der Waals surface area contributed by atoms with Crippen molar-refractivity contribution < 1.29 is 9.53 Å². The van der Waals surface area contributed by atoms with Gasteiger partial charge in [-0.15, -0.1) is 5.10 Å². The Balaban J connectivity index is 1.15. The second-order valence-corrected chi connectivity index (χ2v) is 8.64. The lowest BCUT2D eigenvalue weighted by molar-refractivity contribution is -0.118. The molecule has 34 heavy (non-hydrogen) atoms. The lowest BCUT2D eigenvalue weighted by Crippen LogP contribution is -2.20. The van der Waals surface area contributed by atoms with Crippen LogP contribution in [0.15, 0.2) is 84.0 Å². The molecule has 0 fully saturated rings. The van der Waals surface area contributed by atoms with Gasteiger partial charge in [0.15, 0.2) is 6.61 Å². The minimum absolute atomic E-state index is 0.0366. The first kappa shape index (κ1) is 23.5. The van der Waals surface area contributed by atoms with Crippen molar-refractivity contribution in [2.45, 2.75) is 18.6 Å². The Morgan fingerprint density at radius 3 is 2.53 bits per heavy atom. The van der Waals surface area contributed by atoms with Gasteiger partial charge in [0.05, 0.1) is 5.69 Å². The Morgan fingerprint density at radius 1 is 1.00 bits per heavy atom. The summed E-state index contributed by atoms with van der Waals surface area (Å²) in [6, 6.07) is 25.2. The third-order valence-electron chi connectivity index (χ3n) is 4.91. The molecular weight excluding hydrogens is 448 g/mol. The Kier molecular flexibility index (Phi) is 8.26. The molecule has 3 aromatic carbocycles. The number of thioether (sulfide) groups is 1. The predicted octanol–water partition coefficient (Wildman–Crippen LogP) is 3.87. The van der Waals surface area contributed by atoms with E-state index >= 15 is 0 Å². The molecule has 1 heterocycles. The molecule has 0 aliphatic rings. The highest BCUT2D eigenvalue weighted by atomic mass is 32.2. The average Bonchev–Trinajstić information content (AvgIpc) is 3.34. The number of nitrogens with zero attached hydrogens (tertiary/aromatic N) is 4. The second-order valence-electron chi connectivity index (χ2n) is 7.58. The summed E-state index contributed by atoms with van der Waals surface area (Å²) >= 11 is 1.60. The summed E-state index contributed by atoms with van der Waals surface area (Å²) in [7, 11) is 0. The maximum Gasteiger partial charge on any atom is 0.262 e. The van der Waals surface area contributed by atoms with Gasteiger partial charge in [0, 0.05) is 24.5 Å². The molecule has 0 spiro atoms. The van der Waals surface area contributed by atoms with Crippen molar-refractivity contribution in [1.82, 2.24) is 25.5 Å². The molecular formula is C25H26N6O2S. The number of aryl methyl sites for hydroxylation is 1. The normalized spacial score (nSPS) is 10.7. The maximum absolute atomic E-state index is 12.1. The molecule has 4 rings (SSSR count). The molecule has 8 nitrogen and oxygen atoms in total. The largest absolute Gasteiger partial charge is 0.484 e. The molecule has 0 saturated carbocycles. The zero-order valence-corrected chi connectivity index (χ0v) is 19.7. The number of hydrogen-bond acceptors (Lipinski definition) is 7. The van der Waals surface area contributed by atoms with E-state index in [0.717, 1.165) is 46.5 Å². The van der Waals surface area contributed by atoms with Crippen LogP contribution in [0.4, 0.5) is 5.69 Å². The van der Waals surface area contributed by atoms with Crippen LogP contribution in [0.1, 0.15) is 11.1 Å². The molecule has 0 aliphatic carbocycles. The highest BCUT2D eigenvalue weighted by molar-refractivity contribution is 7.99. The Labute approximate surface area is 202 Å². The predicted molar refractivity (Wildman–Crippen MR) is 133 cm³/mol. The van der Waals surface area contributed by atoms with Crippen molar-refractivity contribution in [2.24, 2.45) is 0 Å². The first-order chi connectivity index (χ1) is 16.7. The van der Waals surface area contributed by atoms with Crippen LogP contribution in [0, 0.1) is 6.92 Å². The number of tetrazole rings is 1. The van der Waals surface area contributed by atoms with Crippen LogP contribution in [-0.2, 0) is 11.3 Å². The molecule has 174 valence electrons. The quantitative estimate of drug-likeness (QED) is 0.252. The smallest absolute Gasteiger partial charge is 0.262 e. The van der Waals surface area contributed by atoms with E-state index in [1.807, 2.05) is 85.8 Å². The number of hydrogen-bond donors (Lipinski definition) is 2. The lowest BCUT2D eigenvalue weighted by Gasteiger charge is -2.09. The molecule has 0 bridgehead atoms. The summed E-state index contributed by atoms with van der Waals surface area (Å²) in [6.45, 7) is 3.51. The van der Waals surface area contributed by atoms with Crippen LogP contribution in [0.2, 0.25) is 0 Å². The number of carbonyl (C=O) groups is 1. The fourth-order valence-electron chi connectivity index (χ4n) is 3.13. The fourth-order valence-corrected chi connectivity index (χ4v) is 3.92. The summed E-state index contributed by atoms with van der Waals surface area (Å²) < 4.78 is 7.33. The molecule has 0 atom stereocenters. The van der Waals surface area contributed by atoms with Crippen molar-refractivity contribution in [3.8, 4) is 11.4 Å². The van der Waals surface area contributed by atoms with Gasteiger partial charge in [-0.25, -0.2) is 0 Å². The van der Waals surface area contributed by atoms with Crippen LogP contribution in [0.3, 0.4) is 0 Å². The lowest BCUT2D eigenvalue weighted by atomic mass is 10.2. The van der Waals surface area contributed by atoms with Gasteiger partial charge < -0.3 is 15.4 Å². The number of benzene rings is 3. The summed E-state index contributed by atoms with van der Waals surface area (Å²) in [5, 5.41) is 19.0. The SMILES string of the molecule is Cc1ccc(NC(=O)COc2ccc(CNCCSc3nnnn3-c3ccccc3)cc2)cc1. The summed E-state index contributed by atoms with van der Waals surface area (Å²) in [5.41, 5.74) is 3.98. The zero-order chi connectivity index (χ0) is 23.6. The van der Waals surface area contributed by atoms with Crippen molar-refractivity contribution in [2.75, 3.05) is 24.2 Å². The van der Waals surface area contributed by atoms with Crippen molar-refractivity contribution in [3.05, 3.63) is 90.0 Å². The number of nitrogens with one attached hydrogen (secondary N) is 2. The number of amides is 1. The van der Waals surface area contributed by atoms with E-state index in [4.69, 9.17) is 4.74 Å².